The molecule has 100 valence electrons. The summed E-state index contributed by atoms with van der Waals surface area (Å²) in [5.41, 5.74) is 0.718. The molecule has 0 bridgehead atoms. The highest BCUT2D eigenvalue weighted by Crippen LogP contribution is 2.15. The highest BCUT2D eigenvalue weighted by molar-refractivity contribution is 5.80. The fourth-order valence-corrected chi connectivity index (χ4v) is 2.22. The molecule has 0 aliphatic carbocycles. The molecule has 2 rings (SSSR count). The van der Waals surface area contributed by atoms with Gasteiger partial charge in [0.25, 0.3) is 0 Å². The van der Waals surface area contributed by atoms with Crippen LogP contribution in [0.1, 0.15) is 37.9 Å². The van der Waals surface area contributed by atoms with Gasteiger partial charge in [-0.2, -0.15) is 0 Å². The second kappa shape index (κ2) is 5.95. The number of aromatic nitrogens is 3. The number of nitrogens with zero attached hydrogens (tertiary/aromatic N) is 4. The lowest BCUT2D eigenvalue weighted by Gasteiger charge is -2.29. The van der Waals surface area contributed by atoms with E-state index < -0.39 is 0 Å². The first kappa shape index (κ1) is 13.0. The lowest BCUT2D eigenvalue weighted by molar-refractivity contribution is -0.135. The van der Waals surface area contributed by atoms with Gasteiger partial charge in [0.1, 0.15) is 6.04 Å². The monoisotopic (exact) mass is 252 g/mol. The van der Waals surface area contributed by atoms with E-state index in [-0.39, 0.29) is 18.6 Å². The molecule has 0 aromatic carbocycles. The van der Waals surface area contributed by atoms with Crippen LogP contribution in [-0.2, 0) is 11.2 Å². The summed E-state index contributed by atoms with van der Waals surface area (Å²) in [6, 6.07) is -0.317. The van der Waals surface area contributed by atoms with Crippen LogP contribution in [0.15, 0.2) is 6.20 Å². The predicted molar refractivity (Wildman–Crippen MR) is 66.0 cm³/mol. The number of carbonyl (C=O) groups is 1. The summed E-state index contributed by atoms with van der Waals surface area (Å²) >= 11 is 0. The fraction of sp³-hybridized carbons (Fsp3) is 0.750. The Bertz CT molecular complexity index is 399. The van der Waals surface area contributed by atoms with Crippen molar-refractivity contribution < 1.29 is 9.90 Å². The number of likely N-dealkylation sites (tertiary alicyclic amines) is 1. The van der Waals surface area contributed by atoms with Gasteiger partial charge in [-0.25, -0.2) is 4.68 Å². The molecule has 1 atom stereocenters. The fourth-order valence-electron chi connectivity index (χ4n) is 2.22. The van der Waals surface area contributed by atoms with Gasteiger partial charge in [-0.15, -0.1) is 5.10 Å². The number of amides is 1. The van der Waals surface area contributed by atoms with E-state index in [1.807, 2.05) is 11.8 Å². The second-order valence-electron chi connectivity index (χ2n) is 4.73. The number of hydrogen-bond donors (Lipinski definition) is 1. The zero-order valence-electron chi connectivity index (χ0n) is 10.7. The third kappa shape index (κ3) is 2.87. The first-order chi connectivity index (χ1) is 8.72. The van der Waals surface area contributed by atoms with Gasteiger partial charge in [0.2, 0.25) is 5.91 Å². The van der Waals surface area contributed by atoms with Gasteiger partial charge in [0, 0.05) is 32.3 Å². The zero-order chi connectivity index (χ0) is 13.0. The van der Waals surface area contributed by atoms with E-state index in [2.05, 4.69) is 10.3 Å². The van der Waals surface area contributed by atoms with E-state index in [9.17, 15) is 4.79 Å². The normalized spacial score (nSPS) is 17.8. The number of aliphatic hydroxyl groups is 1. The van der Waals surface area contributed by atoms with Crippen molar-refractivity contribution in [3.8, 4) is 0 Å². The van der Waals surface area contributed by atoms with Crippen LogP contribution in [0.3, 0.4) is 0 Å². The van der Waals surface area contributed by atoms with E-state index in [0.717, 1.165) is 31.6 Å². The van der Waals surface area contributed by atoms with Gasteiger partial charge in [0.15, 0.2) is 0 Å². The summed E-state index contributed by atoms with van der Waals surface area (Å²) in [4.78, 5) is 14.2. The van der Waals surface area contributed by atoms with Gasteiger partial charge < -0.3 is 10.0 Å². The molecule has 6 nitrogen and oxygen atoms in total. The summed E-state index contributed by atoms with van der Waals surface area (Å²) < 4.78 is 1.59. The van der Waals surface area contributed by atoms with Gasteiger partial charge in [-0.1, -0.05) is 5.21 Å². The molecular formula is C12H20N4O2. The number of aliphatic hydroxyl groups excluding tert-OH is 1. The van der Waals surface area contributed by atoms with Crippen molar-refractivity contribution in [2.75, 3.05) is 19.7 Å². The highest BCUT2D eigenvalue weighted by Gasteiger charge is 2.24. The summed E-state index contributed by atoms with van der Waals surface area (Å²) in [5, 5.41) is 16.7. The van der Waals surface area contributed by atoms with Crippen molar-refractivity contribution in [2.45, 2.75) is 38.6 Å². The quantitative estimate of drug-likeness (QED) is 0.841. The number of hydrogen-bond acceptors (Lipinski definition) is 4. The van der Waals surface area contributed by atoms with E-state index in [0.29, 0.717) is 6.42 Å². The third-order valence-corrected chi connectivity index (χ3v) is 3.35. The Labute approximate surface area is 107 Å². The van der Waals surface area contributed by atoms with Crippen LogP contribution < -0.4 is 0 Å². The topological polar surface area (TPSA) is 71.2 Å². The molecule has 0 saturated carbocycles. The van der Waals surface area contributed by atoms with E-state index in [1.54, 1.807) is 10.9 Å². The van der Waals surface area contributed by atoms with Crippen molar-refractivity contribution in [1.29, 1.82) is 0 Å². The molecule has 1 aliphatic rings. The summed E-state index contributed by atoms with van der Waals surface area (Å²) in [6.07, 6.45) is 5.60. The zero-order valence-corrected chi connectivity index (χ0v) is 10.7. The average Bonchev–Trinajstić information content (AvgIpc) is 2.87. The molecule has 1 unspecified atom stereocenters. The summed E-state index contributed by atoms with van der Waals surface area (Å²) in [6.45, 7) is 3.59. The maximum atomic E-state index is 12.3. The molecule has 6 heteroatoms. The van der Waals surface area contributed by atoms with E-state index in [4.69, 9.17) is 5.11 Å². The number of piperidine rings is 1. The third-order valence-electron chi connectivity index (χ3n) is 3.35. The molecule has 1 N–H and O–H groups in total. The van der Waals surface area contributed by atoms with Gasteiger partial charge in [-0.3, -0.25) is 4.79 Å². The van der Waals surface area contributed by atoms with Crippen LogP contribution in [0, 0.1) is 0 Å². The molecule has 1 aromatic heterocycles. The SMILES string of the molecule is CC(C(=O)N1CCCCC1)n1cc(CCO)nn1. The Morgan fingerprint density at radius 3 is 2.83 bits per heavy atom. The predicted octanol–water partition coefficient (Wildman–Crippen LogP) is 0.386. The standard InChI is InChI=1S/C12H20N4O2/c1-10(12(18)15-6-3-2-4-7-15)16-9-11(5-8-17)13-14-16/h9-10,17H,2-8H2,1H3. The molecular weight excluding hydrogens is 232 g/mol. The number of rotatable bonds is 4. The lowest BCUT2D eigenvalue weighted by atomic mass is 10.1. The summed E-state index contributed by atoms with van der Waals surface area (Å²) in [7, 11) is 0. The van der Waals surface area contributed by atoms with E-state index >= 15 is 0 Å². The molecule has 1 saturated heterocycles. The van der Waals surface area contributed by atoms with Crippen LogP contribution in [0.25, 0.3) is 0 Å². The van der Waals surface area contributed by atoms with Crippen molar-refractivity contribution in [1.82, 2.24) is 19.9 Å². The Hall–Kier alpha value is -1.43. The molecule has 1 aromatic rings. The molecule has 1 aliphatic heterocycles. The Morgan fingerprint density at radius 2 is 2.17 bits per heavy atom. The van der Waals surface area contributed by atoms with Crippen molar-refractivity contribution in [3.05, 3.63) is 11.9 Å². The second-order valence-corrected chi connectivity index (χ2v) is 4.73. The van der Waals surface area contributed by atoms with Crippen LogP contribution >= 0.6 is 0 Å². The molecule has 0 radical (unpaired) electrons. The molecule has 1 fully saturated rings. The molecule has 0 spiro atoms. The smallest absolute Gasteiger partial charge is 0.247 e. The maximum Gasteiger partial charge on any atom is 0.247 e. The van der Waals surface area contributed by atoms with Crippen molar-refractivity contribution >= 4 is 5.91 Å². The minimum Gasteiger partial charge on any atom is -0.396 e. The first-order valence-corrected chi connectivity index (χ1v) is 6.52. The largest absolute Gasteiger partial charge is 0.396 e. The van der Waals surface area contributed by atoms with Crippen LogP contribution in [0.5, 0.6) is 0 Å². The first-order valence-electron chi connectivity index (χ1n) is 6.52. The van der Waals surface area contributed by atoms with E-state index in [1.165, 1.54) is 6.42 Å². The highest BCUT2D eigenvalue weighted by atomic mass is 16.3. The van der Waals surface area contributed by atoms with Crippen molar-refractivity contribution in [3.63, 3.8) is 0 Å². The summed E-state index contributed by atoms with van der Waals surface area (Å²) in [5.74, 6) is 0.107. The van der Waals surface area contributed by atoms with Gasteiger partial charge in [0.05, 0.1) is 5.69 Å². The Balaban J connectivity index is 2.00. The van der Waals surface area contributed by atoms with Gasteiger partial charge in [-0.05, 0) is 26.2 Å². The maximum absolute atomic E-state index is 12.3. The minimum atomic E-state index is -0.317. The van der Waals surface area contributed by atoms with Crippen LogP contribution in [-0.4, -0.2) is 50.6 Å². The Kier molecular flexibility index (Phi) is 4.30. The average molecular weight is 252 g/mol. The van der Waals surface area contributed by atoms with Crippen LogP contribution in [0.4, 0.5) is 0 Å². The molecule has 1 amide bonds. The molecule has 18 heavy (non-hydrogen) atoms. The Morgan fingerprint density at radius 1 is 1.44 bits per heavy atom. The lowest BCUT2D eigenvalue weighted by Crippen LogP contribution is -2.39. The van der Waals surface area contributed by atoms with Crippen molar-refractivity contribution in [2.24, 2.45) is 0 Å². The van der Waals surface area contributed by atoms with Gasteiger partial charge >= 0.3 is 0 Å². The molecule has 2 heterocycles. The number of carbonyl (C=O) groups excluding carboxylic acids is 1. The minimum absolute atomic E-state index is 0.0488. The van der Waals surface area contributed by atoms with Crippen LogP contribution in [0.2, 0.25) is 0 Å².